The van der Waals surface area contributed by atoms with Crippen LogP contribution in [0.1, 0.15) is 18.4 Å². The van der Waals surface area contributed by atoms with Crippen molar-refractivity contribution in [1.82, 2.24) is 5.32 Å². The first kappa shape index (κ1) is 10.9. The summed E-state index contributed by atoms with van der Waals surface area (Å²) >= 11 is 3.40. The molecule has 0 spiro atoms. The summed E-state index contributed by atoms with van der Waals surface area (Å²) < 4.78 is 0.950. The molecule has 1 heterocycles. The Labute approximate surface area is 97.8 Å². The average Bonchev–Trinajstić information content (AvgIpc) is 2.23. The molecule has 4 N–H and O–H groups in total. The summed E-state index contributed by atoms with van der Waals surface area (Å²) in [5.41, 5.74) is 6.56. The maximum Gasteiger partial charge on any atom is 0.104 e. The fraction of sp³-hybridized carbons (Fsp3) is 0.455. The third-order valence-electron chi connectivity index (χ3n) is 2.88. The second-order valence-electron chi connectivity index (χ2n) is 4.04. The highest BCUT2D eigenvalue weighted by atomic mass is 79.9. The van der Waals surface area contributed by atoms with Crippen LogP contribution >= 0.6 is 15.9 Å². The van der Waals surface area contributed by atoms with Gasteiger partial charge in [0.2, 0.25) is 0 Å². The molecule has 15 heavy (non-hydrogen) atoms. The van der Waals surface area contributed by atoms with Gasteiger partial charge in [0.25, 0.3) is 0 Å². The van der Waals surface area contributed by atoms with Crippen LogP contribution in [0, 0.1) is 0 Å². The van der Waals surface area contributed by atoms with Gasteiger partial charge in [0, 0.05) is 22.3 Å². The fourth-order valence-electron chi connectivity index (χ4n) is 2.05. The van der Waals surface area contributed by atoms with Gasteiger partial charge in [0.1, 0.15) is 5.60 Å². The van der Waals surface area contributed by atoms with Gasteiger partial charge in [0.15, 0.2) is 0 Å². The Kier molecular flexibility index (Phi) is 3.00. The number of anilines is 1. The third-order valence-corrected chi connectivity index (χ3v) is 3.37. The van der Waals surface area contributed by atoms with Crippen molar-refractivity contribution in [3.05, 3.63) is 28.2 Å². The van der Waals surface area contributed by atoms with E-state index in [1.807, 2.05) is 18.2 Å². The van der Waals surface area contributed by atoms with Gasteiger partial charge in [-0.15, -0.1) is 0 Å². The van der Waals surface area contributed by atoms with Gasteiger partial charge in [-0.3, -0.25) is 0 Å². The minimum atomic E-state index is -0.813. The van der Waals surface area contributed by atoms with E-state index in [0.29, 0.717) is 12.2 Å². The van der Waals surface area contributed by atoms with Crippen molar-refractivity contribution < 1.29 is 5.11 Å². The number of nitrogens with one attached hydrogen (secondary N) is 1. The van der Waals surface area contributed by atoms with E-state index < -0.39 is 5.60 Å². The lowest BCUT2D eigenvalue weighted by Crippen LogP contribution is -2.43. The molecule has 1 aromatic rings. The molecule has 1 aromatic carbocycles. The maximum atomic E-state index is 10.5. The van der Waals surface area contributed by atoms with Crippen molar-refractivity contribution in [1.29, 1.82) is 0 Å². The second-order valence-corrected chi connectivity index (χ2v) is 4.96. The van der Waals surface area contributed by atoms with Crippen molar-refractivity contribution in [3.63, 3.8) is 0 Å². The zero-order valence-electron chi connectivity index (χ0n) is 8.46. The topological polar surface area (TPSA) is 58.3 Å². The minimum Gasteiger partial charge on any atom is -0.398 e. The van der Waals surface area contributed by atoms with Crippen molar-refractivity contribution in [3.8, 4) is 0 Å². The monoisotopic (exact) mass is 270 g/mol. The van der Waals surface area contributed by atoms with E-state index in [2.05, 4.69) is 21.2 Å². The molecule has 0 aromatic heterocycles. The highest BCUT2D eigenvalue weighted by molar-refractivity contribution is 9.10. The van der Waals surface area contributed by atoms with Gasteiger partial charge < -0.3 is 16.2 Å². The summed E-state index contributed by atoms with van der Waals surface area (Å²) in [6, 6.07) is 5.62. The number of rotatable bonds is 1. The van der Waals surface area contributed by atoms with E-state index in [1.54, 1.807) is 0 Å². The summed E-state index contributed by atoms with van der Waals surface area (Å²) in [7, 11) is 0. The number of β-amino-alcohol motifs (C(OH)–C–C–N with tert-alkyl or cyclic N) is 1. The van der Waals surface area contributed by atoms with Gasteiger partial charge in [-0.25, -0.2) is 0 Å². The zero-order valence-corrected chi connectivity index (χ0v) is 10.0. The van der Waals surface area contributed by atoms with Crippen molar-refractivity contribution >= 4 is 21.6 Å². The molecular formula is C11H15BrN2O. The maximum absolute atomic E-state index is 10.5. The van der Waals surface area contributed by atoms with E-state index in [9.17, 15) is 5.11 Å². The normalized spacial score (nSPS) is 26.5. The van der Waals surface area contributed by atoms with Gasteiger partial charge >= 0.3 is 0 Å². The highest BCUT2D eigenvalue weighted by Gasteiger charge is 2.32. The Bertz CT molecular complexity index is 362. The number of nitrogen functional groups attached to an aromatic ring is 1. The van der Waals surface area contributed by atoms with Crippen LogP contribution in [0.25, 0.3) is 0 Å². The first-order chi connectivity index (χ1) is 7.12. The number of piperidine rings is 1. The largest absolute Gasteiger partial charge is 0.398 e. The quantitative estimate of drug-likeness (QED) is 0.680. The zero-order chi connectivity index (χ0) is 10.9. The van der Waals surface area contributed by atoms with Crippen LogP contribution in [0.4, 0.5) is 5.69 Å². The molecular weight excluding hydrogens is 256 g/mol. The Morgan fingerprint density at radius 1 is 1.47 bits per heavy atom. The Hall–Kier alpha value is -0.580. The first-order valence-corrected chi connectivity index (χ1v) is 5.90. The molecule has 1 aliphatic heterocycles. The number of hydrogen-bond donors (Lipinski definition) is 3. The van der Waals surface area contributed by atoms with Crippen LogP contribution in [-0.2, 0) is 5.60 Å². The van der Waals surface area contributed by atoms with E-state index in [-0.39, 0.29) is 0 Å². The number of aliphatic hydroxyl groups is 1. The fourth-order valence-corrected chi connectivity index (χ4v) is 2.41. The summed E-state index contributed by atoms with van der Waals surface area (Å²) in [5, 5.41) is 13.7. The lowest BCUT2D eigenvalue weighted by Gasteiger charge is -2.34. The molecule has 4 heteroatoms. The number of halogens is 1. The molecule has 3 nitrogen and oxygen atoms in total. The first-order valence-electron chi connectivity index (χ1n) is 5.10. The molecule has 2 rings (SSSR count). The predicted octanol–water partition coefficient (Wildman–Crippen LogP) is 1.60. The molecule has 82 valence electrons. The second kappa shape index (κ2) is 4.12. The molecule has 1 fully saturated rings. The van der Waals surface area contributed by atoms with Gasteiger partial charge in [-0.2, -0.15) is 0 Å². The molecule has 0 radical (unpaired) electrons. The standard InChI is InChI=1S/C11H15BrN2O/c12-8-2-3-10(13)9(6-8)11(15)4-1-5-14-7-11/h2-3,6,14-15H,1,4-5,7,13H2. The Morgan fingerprint density at radius 3 is 2.93 bits per heavy atom. The van der Waals surface area contributed by atoms with Gasteiger partial charge in [0.05, 0.1) is 0 Å². The lowest BCUT2D eigenvalue weighted by atomic mass is 9.86. The Morgan fingerprint density at radius 2 is 2.27 bits per heavy atom. The van der Waals surface area contributed by atoms with Crippen LogP contribution in [0.15, 0.2) is 22.7 Å². The SMILES string of the molecule is Nc1ccc(Br)cc1C1(O)CCCNC1. The van der Waals surface area contributed by atoms with Crippen LogP contribution < -0.4 is 11.1 Å². The molecule has 0 bridgehead atoms. The lowest BCUT2D eigenvalue weighted by molar-refractivity contribution is 0.0130. The molecule has 0 saturated carbocycles. The smallest absolute Gasteiger partial charge is 0.104 e. The van der Waals surface area contributed by atoms with E-state index in [4.69, 9.17) is 5.73 Å². The summed E-state index contributed by atoms with van der Waals surface area (Å²) in [6.07, 6.45) is 1.74. The van der Waals surface area contributed by atoms with Crippen LogP contribution in [-0.4, -0.2) is 18.2 Å². The van der Waals surface area contributed by atoms with Crippen LogP contribution in [0.2, 0.25) is 0 Å². The van der Waals surface area contributed by atoms with Gasteiger partial charge in [-0.1, -0.05) is 15.9 Å². The van der Waals surface area contributed by atoms with Crippen LogP contribution in [0.3, 0.4) is 0 Å². The summed E-state index contributed by atoms with van der Waals surface area (Å²) in [4.78, 5) is 0. The predicted molar refractivity (Wildman–Crippen MR) is 64.6 cm³/mol. The van der Waals surface area contributed by atoms with E-state index >= 15 is 0 Å². The number of hydrogen-bond acceptors (Lipinski definition) is 3. The third kappa shape index (κ3) is 2.17. The van der Waals surface area contributed by atoms with Crippen molar-refractivity contribution in [2.45, 2.75) is 18.4 Å². The summed E-state index contributed by atoms with van der Waals surface area (Å²) in [6.45, 7) is 1.55. The van der Waals surface area contributed by atoms with Crippen molar-refractivity contribution in [2.24, 2.45) is 0 Å². The molecule has 0 aliphatic carbocycles. The van der Waals surface area contributed by atoms with Crippen molar-refractivity contribution in [2.75, 3.05) is 18.8 Å². The molecule has 1 saturated heterocycles. The number of nitrogens with two attached hydrogens (primary N) is 1. The molecule has 0 amide bonds. The Balaban J connectivity index is 2.38. The minimum absolute atomic E-state index is 0.577. The molecule has 1 aliphatic rings. The average molecular weight is 271 g/mol. The van der Waals surface area contributed by atoms with E-state index in [1.165, 1.54) is 0 Å². The molecule has 1 unspecified atom stereocenters. The summed E-state index contributed by atoms with van der Waals surface area (Å²) in [5.74, 6) is 0. The highest BCUT2D eigenvalue weighted by Crippen LogP contribution is 2.33. The van der Waals surface area contributed by atoms with E-state index in [0.717, 1.165) is 29.4 Å². The van der Waals surface area contributed by atoms with Gasteiger partial charge in [-0.05, 0) is 37.6 Å². The molecule has 1 atom stereocenters. The van der Waals surface area contributed by atoms with Crippen LogP contribution in [0.5, 0.6) is 0 Å². The number of benzene rings is 1.